The van der Waals surface area contributed by atoms with Crippen LogP contribution in [0.4, 0.5) is 0 Å². The van der Waals surface area contributed by atoms with Crippen LogP contribution in [0.2, 0.25) is 0 Å². The van der Waals surface area contributed by atoms with Crippen LogP contribution < -0.4 is 0 Å². The predicted octanol–water partition coefficient (Wildman–Crippen LogP) is 3.54. The summed E-state index contributed by atoms with van der Waals surface area (Å²) in [6.07, 6.45) is 0.874. The van der Waals surface area contributed by atoms with Crippen molar-refractivity contribution in [3.63, 3.8) is 0 Å². The average Bonchev–Trinajstić information content (AvgIpc) is 2.87. The Labute approximate surface area is 136 Å². The summed E-state index contributed by atoms with van der Waals surface area (Å²) in [5.74, 6) is 0.0210. The van der Waals surface area contributed by atoms with E-state index < -0.39 is 10.0 Å². The monoisotopic (exact) mass is 338 g/mol. The van der Waals surface area contributed by atoms with Crippen molar-refractivity contribution in [1.82, 2.24) is 9.29 Å². The number of hydrogen-bond donors (Lipinski definition) is 0. The van der Waals surface area contributed by atoms with E-state index in [9.17, 15) is 8.42 Å². The first kappa shape index (κ1) is 17.1. The van der Waals surface area contributed by atoms with Crippen LogP contribution in [0, 0.1) is 6.92 Å². The second kappa shape index (κ2) is 6.89. The zero-order valence-corrected chi connectivity index (χ0v) is 15.0. The molecule has 0 N–H and O–H groups in total. The van der Waals surface area contributed by atoms with Gasteiger partial charge in [-0.05, 0) is 25.8 Å². The molecule has 4 nitrogen and oxygen atoms in total. The lowest BCUT2D eigenvalue weighted by Crippen LogP contribution is -2.30. The van der Waals surface area contributed by atoms with Gasteiger partial charge in [0.15, 0.2) is 0 Å². The second-order valence-electron chi connectivity index (χ2n) is 5.34. The smallest absolute Gasteiger partial charge is 0.218 e. The topological polar surface area (TPSA) is 50.3 Å². The zero-order chi connectivity index (χ0) is 16.3. The summed E-state index contributed by atoms with van der Waals surface area (Å²) < 4.78 is 26.7. The zero-order valence-electron chi connectivity index (χ0n) is 13.4. The summed E-state index contributed by atoms with van der Waals surface area (Å²) >= 11 is 1.60. The maximum atomic E-state index is 12.6. The van der Waals surface area contributed by atoms with Gasteiger partial charge in [0.25, 0.3) is 0 Å². The number of nitrogens with zero attached hydrogens (tertiary/aromatic N) is 2. The maximum absolute atomic E-state index is 12.6. The Morgan fingerprint density at radius 1 is 1.27 bits per heavy atom. The predicted molar refractivity (Wildman–Crippen MR) is 91.5 cm³/mol. The third-order valence-corrected chi connectivity index (χ3v) is 7.10. The Kier molecular flexibility index (Phi) is 5.36. The fraction of sp³-hybridized carbons (Fsp3) is 0.438. The highest BCUT2D eigenvalue weighted by atomic mass is 32.2. The first-order valence-electron chi connectivity index (χ1n) is 7.31. The third-order valence-electron chi connectivity index (χ3n) is 3.73. The molecule has 0 saturated carbocycles. The number of aromatic nitrogens is 1. The summed E-state index contributed by atoms with van der Waals surface area (Å²) in [5, 5.41) is 1.05. The molecule has 0 aliphatic carbocycles. The van der Waals surface area contributed by atoms with Crippen molar-refractivity contribution in [1.29, 1.82) is 0 Å². The molecule has 0 aliphatic heterocycles. The minimum absolute atomic E-state index is 0.0210. The molecular weight excluding hydrogens is 316 g/mol. The van der Waals surface area contributed by atoms with Crippen molar-refractivity contribution < 1.29 is 8.42 Å². The molecule has 0 unspecified atom stereocenters. The first-order valence-corrected chi connectivity index (χ1v) is 9.73. The molecule has 0 bridgehead atoms. The Balaban J connectivity index is 2.21. The molecule has 1 atom stereocenters. The van der Waals surface area contributed by atoms with Gasteiger partial charge in [0.1, 0.15) is 0 Å². The fourth-order valence-electron chi connectivity index (χ4n) is 2.30. The Morgan fingerprint density at radius 2 is 1.91 bits per heavy atom. The van der Waals surface area contributed by atoms with Crippen LogP contribution in [-0.4, -0.2) is 24.8 Å². The van der Waals surface area contributed by atoms with Crippen molar-refractivity contribution in [2.45, 2.75) is 39.0 Å². The van der Waals surface area contributed by atoms with Crippen molar-refractivity contribution in [3.05, 3.63) is 51.5 Å². The lowest BCUT2D eigenvalue weighted by atomic mass is 10.2. The van der Waals surface area contributed by atoms with Crippen LogP contribution in [0.25, 0.3) is 0 Å². The molecule has 6 heteroatoms. The summed E-state index contributed by atoms with van der Waals surface area (Å²) in [5.41, 5.74) is 1.73. The van der Waals surface area contributed by atoms with E-state index in [0.717, 1.165) is 27.6 Å². The van der Waals surface area contributed by atoms with Crippen LogP contribution in [0.1, 0.15) is 41.0 Å². The first-order chi connectivity index (χ1) is 10.3. The standard InChI is InChI=1S/C16H22N2O2S2/c1-5-15-17-12(2)16(21-15)13(3)18(4)22(19,20)11-14-9-7-6-8-10-14/h6-10,13H,5,11H2,1-4H3/t13-/m0/s1. The van der Waals surface area contributed by atoms with Crippen molar-refractivity contribution >= 4 is 21.4 Å². The highest BCUT2D eigenvalue weighted by Gasteiger charge is 2.27. The van der Waals surface area contributed by atoms with E-state index in [1.807, 2.05) is 44.2 Å². The summed E-state index contributed by atoms with van der Waals surface area (Å²) in [6.45, 7) is 5.92. The number of benzene rings is 1. The van der Waals surface area contributed by atoms with Gasteiger partial charge in [0.05, 0.1) is 22.5 Å². The van der Waals surface area contributed by atoms with E-state index in [1.54, 1.807) is 18.4 Å². The molecule has 0 amide bonds. The largest absolute Gasteiger partial charge is 0.246 e. The number of thiazole rings is 1. The van der Waals surface area contributed by atoms with Crippen LogP contribution in [0.15, 0.2) is 30.3 Å². The van der Waals surface area contributed by atoms with Gasteiger partial charge in [-0.25, -0.2) is 13.4 Å². The van der Waals surface area contributed by atoms with Crippen molar-refractivity contribution in [3.8, 4) is 0 Å². The number of sulfonamides is 1. The SMILES string of the molecule is CCc1nc(C)c([C@H](C)N(C)S(=O)(=O)Cc2ccccc2)s1. The molecule has 120 valence electrons. The highest BCUT2D eigenvalue weighted by Crippen LogP contribution is 2.31. The highest BCUT2D eigenvalue weighted by molar-refractivity contribution is 7.88. The molecule has 1 aromatic heterocycles. The maximum Gasteiger partial charge on any atom is 0.218 e. The van der Waals surface area contributed by atoms with E-state index in [2.05, 4.69) is 11.9 Å². The quantitative estimate of drug-likeness (QED) is 0.809. The average molecular weight is 338 g/mol. The van der Waals surface area contributed by atoms with Gasteiger partial charge in [-0.3, -0.25) is 0 Å². The molecule has 22 heavy (non-hydrogen) atoms. The summed E-state index contributed by atoms with van der Waals surface area (Å²) in [4.78, 5) is 5.52. The van der Waals surface area contributed by atoms with E-state index in [0.29, 0.717) is 0 Å². The lowest BCUT2D eigenvalue weighted by Gasteiger charge is -2.24. The molecule has 0 saturated heterocycles. The van der Waals surface area contributed by atoms with Gasteiger partial charge in [-0.1, -0.05) is 37.3 Å². The lowest BCUT2D eigenvalue weighted by molar-refractivity contribution is 0.401. The molecule has 0 aliphatic rings. The van der Waals surface area contributed by atoms with E-state index in [-0.39, 0.29) is 11.8 Å². The van der Waals surface area contributed by atoms with Crippen LogP contribution in [-0.2, 0) is 22.2 Å². The van der Waals surface area contributed by atoms with Crippen LogP contribution in [0.3, 0.4) is 0 Å². The molecule has 2 rings (SSSR count). The van der Waals surface area contributed by atoms with Gasteiger partial charge < -0.3 is 0 Å². The summed E-state index contributed by atoms with van der Waals surface area (Å²) in [6, 6.07) is 9.07. The molecule has 0 fully saturated rings. The van der Waals surface area contributed by atoms with Gasteiger partial charge >= 0.3 is 0 Å². The van der Waals surface area contributed by atoms with E-state index >= 15 is 0 Å². The molecular formula is C16H22N2O2S2. The summed E-state index contributed by atoms with van der Waals surface area (Å²) in [7, 11) is -1.72. The molecule has 2 aromatic rings. The minimum atomic E-state index is -3.36. The van der Waals surface area contributed by atoms with Crippen LogP contribution >= 0.6 is 11.3 Å². The molecule has 1 aromatic carbocycles. The Hall–Kier alpha value is -1.24. The van der Waals surface area contributed by atoms with Gasteiger partial charge in [0.2, 0.25) is 10.0 Å². The number of hydrogen-bond acceptors (Lipinski definition) is 4. The van der Waals surface area contributed by atoms with Gasteiger partial charge in [0, 0.05) is 11.9 Å². The van der Waals surface area contributed by atoms with Gasteiger partial charge in [-0.2, -0.15) is 4.31 Å². The Morgan fingerprint density at radius 3 is 2.45 bits per heavy atom. The second-order valence-corrected chi connectivity index (χ2v) is 8.49. The van der Waals surface area contributed by atoms with Crippen molar-refractivity contribution in [2.24, 2.45) is 0 Å². The molecule has 0 radical (unpaired) electrons. The third kappa shape index (κ3) is 3.74. The van der Waals surface area contributed by atoms with Gasteiger partial charge in [-0.15, -0.1) is 11.3 Å². The normalized spacial score (nSPS) is 13.5. The van der Waals surface area contributed by atoms with E-state index in [1.165, 1.54) is 4.31 Å². The number of rotatable bonds is 6. The molecule has 1 heterocycles. The fourth-order valence-corrected chi connectivity index (χ4v) is 4.87. The van der Waals surface area contributed by atoms with Crippen LogP contribution in [0.5, 0.6) is 0 Å². The van der Waals surface area contributed by atoms with E-state index in [4.69, 9.17) is 0 Å². The molecule has 0 spiro atoms. The number of aryl methyl sites for hydroxylation is 2. The Bertz CT molecular complexity index is 724. The van der Waals surface area contributed by atoms with Crippen molar-refractivity contribution in [2.75, 3.05) is 7.05 Å². The minimum Gasteiger partial charge on any atom is -0.246 e.